The molecule has 17 heavy (non-hydrogen) atoms. The Hall–Kier alpha value is -0.230. The van der Waals surface area contributed by atoms with Gasteiger partial charge in [0.15, 0.2) is 0 Å². The van der Waals surface area contributed by atoms with Gasteiger partial charge in [-0.15, -0.1) is 10.2 Å². The zero-order valence-corrected chi connectivity index (χ0v) is 11.9. The van der Waals surface area contributed by atoms with Crippen LogP contribution in [0.15, 0.2) is 0 Å². The predicted molar refractivity (Wildman–Crippen MR) is 71.5 cm³/mol. The Balaban J connectivity index is 2.00. The lowest BCUT2D eigenvalue weighted by Crippen LogP contribution is -2.55. The molecule has 1 aromatic heterocycles. The number of nitrogens with zero attached hydrogens (tertiary/aromatic N) is 3. The second-order valence-corrected chi connectivity index (χ2v) is 6.10. The summed E-state index contributed by atoms with van der Waals surface area (Å²) in [6.45, 7) is 7.50. The third-order valence-corrected chi connectivity index (χ3v) is 4.36. The van der Waals surface area contributed by atoms with Crippen molar-refractivity contribution in [3.05, 3.63) is 9.47 Å². The first-order chi connectivity index (χ1) is 8.22. The van der Waals surface area contributed by atoms with Gasteiger partial charge in [0, 0.05) is 25.2 Å². The van der Waals surface area contributed by atoms with Crippen molar-refractivity contribution >= 4 is 22.9 Å². The molecule has 1 aromatic rings. The van der Waals surface area contributed by atoms with E-state index in [0.717, 1.165) is 31.1 Å². The normalized spacial score (nSPS) is 26.3. The van der Waals surface area contributed by atoms with Gasteiger partial charge < -0.3 is 5.32 Å². The monoisotopic (exact) mass is 274 g/mol. The third kappa shape index (κ3) is 3.37. The Kier molecular flexibility index (Phi) is 4.73. The Bertz CT molecular complexity index is 357. The van der Waals surface area contributed by atoms with Crippen molar-refractivity contribution in [2.45, 2.75) is 45.3 Å². The molecule has 2 rings (SSSR count). The summed E-state index contributed by atoms with van der Waals surface area (Å²) in [6, 6.07) is 1.20. The van der Waals surface area contributed by atoms with E-state index in [1.54, 1.807) is 0 Å². The number of piperazine rings is 1. The number of halogens is 1. The predicted octanol–water partition coefficient (Wildman–Crippen LogP) is 2.15. The van der Waals surface area contributed by atoms with E-state index in [1.165, 1.54) is 17.8 Å². The molecule has 4 nitrogen and oxygen atoms in total. The van der Waals surface area contributed by atoms with Crippen molar-refractivity contribution in [1.82, 2.24) is 20.4 Å². The molecule has 2 heterocycles. The molecule has 2 atom stereocenters. The second kappa shape index (κ2) is 6.09. The van der Waals surface area contributed by atoms with Crippen LogP contribution in [0.25, 0.3) is 0 Å². The van der Waals surface area contributed by atoms with E-state index in [9.17, 15) is 0 Å². The Morgan fingerprint density at radius 3 is 2.82 bits per heavy atom. The average Bonchev–Trinajstić information content (AvgIpc) is 2.74. The van der Waals surface area contributed by atoms with Gasteiger partial charge in [0.25, 0.3) is 0 Å². The molecular formula is C11H19ClN4S. The molecule has 0 aromatic carbocycles. The summed E-state index contributed by atoms with van der Waals surface area (Å²) < 4.78 is 0.537. The van der Waals surface area contributed by atoms with Crippen LogP contribution in [-0.4, -0.2) is 40.3 Å². The van der Waals surface area contributed by atoms with E-state index in [2.05, 4.69) is 34.3 Å². The first-order valence-electron chi connectivity index (χ1n) is 6.18. The Morgan fingerprint density at radius 2 is 2.24 bits per heavy atom. The minimum atomic E-state index is 0.537. The van der Waals surface area contributed by atoms with E-state index >= 15 is 0 Å². The van der Waals surface area contributed by atoms with Crippen LogP contribution in [0.4, 0.5) is 0 Å². The van der Waals surface area contributed by atoms with Crippen LogP contribution in [0, 0.1) is 0 Å². The summed E-state index contributed by atoms with van der Waals surface area (Å²) in [4.78, 5) is 2.50. The average molecular weight is 275 g/mol. The van der Waals surface area contributed by atoms with Crippen molar-refractivity contribution < 1.29 is 0 Å². The lowest BCUT2D eigenvalue weighted by molar-refractivity contribution is 0.117. The summed E-state index contributed by atoms with van der Waals surface area (Å²) in [5.41, 5.74) is 0. The molecule has 1 fully saturated rings. The number of rotatable bonds is 4. The zero-order chi connectivity index (χ0) is 12.3. The molecule has 0 aliphatic carbocycles. The van der Waals surface area contributed by atoms with E-state index in [0.29, 0.717) is 16.6 Å². The van der Waals surface area contributed by atoms with E-state index in [4.69, 9.17) is 11.6 Å². The fourth-order valence-electron chi connectivity index (χ4n) is 2.27. The highest BCUT2D eigenvalue weighted by Gasteiger charge is 2.26. The standard InChI is InChI=1S/C11H19ClN4S/c1-3-8-6-16(9(4-2)5-13-8)7-10-14-15-11(12)17-10/h8-9,13H,3-7H2,1-2H3. The molecular weight excluding hydrogens is 256 g/mol. The maximum absolute atomic E-state index is 5.82. The number of aromatic nitrogens is 2. The van der Waals surface area contributed by atoms with Crippen molar-refractivity contribution in [2.24, 2.45) is 0 Å². The molecule has 1 saturated heterocycles. The molecule has 96 valence electrons. The minimum Gasteiger partial charge on any atom is -0.311 e. The molecule has 0 amide bonds. The molecule has 0 radical (unpaired) electrons. The molecule has 6 heteroatoms. The van der Waals surface area contributed by atoms with Gasteiger partial charge in [0.2, 0.25) is 4.47 Å². The van der Waals surface area contributed by atoms with Gasteiger partial charge in [-0.1, -0.05) is 25.2 Å². The van der Waals surface area contributed by atoms with Gasteiger partial charge >= 0.3 is 0 Å². The van der Waals surface area contributed by atoms with Gasteiger partial charge in [-0.2, -0.15) is 0 Å². The summed E-state index contributed by atoms with van der Waals surface area (Å²) in [5, 5.41) is 12.6. The first kappa shape index (κ1) is 13.2. The highest BCUT2D eigenvalue weighted by molar-refractivity contribution is 7.15. The van der Waals surface area contributed by atoms with Gasteiger partial charge in [0.05, 0.1) is 6.54 Å². The smallest absolute Gasteiger partial charge is 0.207 e. The lowest BCUT2D eigenvalue weighted by atomic mass is 10.1. The fourth-order valence-corrected chi connectivity index (χ4v) is 3.16. The molecule has 0 bridgehead atoms. The van der Waals surface area contributed by atoms with Crippen molar-refractivity contribution in [2.75, 3.05) is 13.1 Å². The van der Waals surface area contributed by atoms with E-state index in [-0.39, 0.29) is 0 Å². The summed E-state index contributed by atoms with van der Waals surface area (Å²) >= 11 is 7.30. The van der Waals surface area contributed by atoms with Gasteiger partial charge in [-0.25, -0.2) is 0 Å². The zero-order valence-electron chi connectivity index (χ0n) is 10.3. The number of nitrogens with one attached hydrogen (secondary N) is 1. The van der Waals surface area contributed by atoms with Crippen LogP contribution < -0.4 is 5.32 Å². The molecule has 1 N–H and O–H groups in total. The Morgan fingerprint density at radius 1 is 1.41 bits per heavy atom. The Labute approximate surface area is 111 Å². The van der Waals surface area contributed by atoms with Crippen LogP contribution in [0.2, 0.25) is 4.47 Å². The summed E-state index contributed by atoms with van der Waals surface area (Å²) in [6.07, 6.45) is 2.33. The summed E-state index contributed by atoms with van der Waals surface area (Å²) in [7, 11) is 0. The van der Waals surface area contributed by atoms with E-state index in [1.807, 2.05) is 0 Å². The van der Waals surface area contributed by atoms with Gasteiger partial charge in [-0.05, 0) is 24.4 Å². The van der Waals surface area contributed by atoms with Crippen molar-refractivity contribution in [1.29, 1.82) is 0 Å². The molecule has 0 saturated carbocycles. The van der Waals surface area contributed by atoms with Crippen LogP contribution in [0.5, 0.6) is 0 Å². The van der Waals surface area contributed by atoms with Crippen molar-refractivity contribution in [3.63, 3.8) is 0 Å². The topological polar surface area (TPSA) is 41.1 Å². The highest BCUT2D eigenvalue weighted by Crippen LogP contribution is 2.20. The lowest BCUT2D eigenvalue weighted by Gasteiger charge is -2.39. The fraction of sp³-hybridized carbons (Fsp3) is 0.818. The maximum atomic E-state index is 5.82. The van der Waals surface area contributed by atoms with Crippen LogP contribution in [0.1, 0.15) is 31.7 Å². The quantitative estimate of drug-likeness (QED) is 0.914. The summed E-state index contributed by atoms with van der Waals surface area (Å²) in [5.74, 6) is 0. The van der Waals surface area contributed by atoms with Gasteiger partial charge in [-0.3, -0.25) is 4.90 Å². The van der Waals surface area contributed by atoms with Crippen molar-refractivity contribution in [3.8, 4) is 0 Å². The van der Waals surface area contributed by atoms with Crippen LogP contribution in [-0.2, 0) is 6.54 Å². The maximum Gasteiger partial charge on any atom is 0.207 e. The third-order valence-electron chi connectivity index (χ3n) is 3.36. The highest BCUT2D eigenvalue weighted by atomic mass is 35.5. The molecule has 2 unspecified atom stereocenters. The van der Waals surface area contributed by atoms with Crippen LogP contribution in [0.3, 0.4) is 0 Å². The SMILES string of the molecule is CCC1CN(Cc2nnc(Cl)s2)C(CC)CN1. The minimum absolute atomic E-state index is 0.537. The number of hydrogen-bond acceptors (Lipinski definition) is 5. The number of hydrogen-bond donors (Lipinski definition) is 1. The van der Waals surface area contributed by atoms with Gasteiger partial charge in [0.1, 0.15) is 5.01 Å². The molecule has 1 aliphatic heterocycles. The molecule has 1 aliphatic rings. The largest absolute Gasteiger partial charge is 0.311 e. The van der Waals surface area contributed by atoms with E-state index < -0.39 is 0 Å². The first-order valence-corrected chi connectivity index (χ1v) is 7.37. The second-order valence-electron chi connectivity index (χ2n) is 4.45. The molecule has 0 spiro atoms. The van der Waals surface area contributed by atoms with Crippen LogP contribution >= 0.6 is 22.9 Å².